The molecule has 0 bridgehead atoms. The standard InChI is InChI=1S/C14H17F2N/c15-12-1-8(2-13(16)7-12)3-14(17)11-5-9-4-10(9)6-11/h1-2,7,9-11,14H,3-6,17H2. The molecule has 3 atom stereocenters. The van der Waals surface area contributed by atoms with E-state index in [1.165, 1.54) is 31.4 Å². The molecule has 1 nitrogen and oxygen atoms in total. The molecule has 0 heterocycles. The van der Waals surface area contributed by atoms with E-state index in [1.807, 2.05) is 0 Å². The average Bonchev–Trinajstić information content (AvgIpc) is 2.84. The van der Waals surface area contributed by atoms with E-state index in [4.69, 9.17) is 5.73 Å². The number of rotatable bonds is 3. The Morgan fingerprint density at radius 3 is 2.24 bits per heavy atom. The Balaban J connectivity index is 1.65. The molecule has 0 aromatic heterocycles. The number of benzene rings is 1. The van der Waals surface area contributed by atoms with Gasteiger partial charge in [0.05, 0.1) is 0 Å². The van der Waals surface area contributed by atoms with Gasteiger partial charge in [-0.05, 0) is 61.1 Å². The Labute approximate surface area is 100 Å². The number of nitrogens with two attached hydrogens (primary N) is 1. The minimum absolute atomic E-state index is 0.0454. The first kappa shape index (κ1) is 11.1. The summed E-state index contributed by atoms with van der Waals surface area (Å²) in [5, 5.41) is 0. The summed E-state index contributed by atoms with van der Waals surface area (Å²) in [6, 6.07) is 3.72. The zero-order valence-electron chi connectivity index (χ0n) is 9.70. The molecule has 2 aliphatic rings. The second-order valence-electron chi connectivity index (χ2n) is 5.63. The van der Waals surface area contributed by atoms with E-state index in [2.05, 4.69) is 0 Å². The van der Waals surface area contributed by atoms with Crippen molar-refractivity contribution in [2.75, 3.05) is 0 Å². The van der Waals surface area contributed by atoms with Crippen LogP contribution in [0.3, 0.4) is 0 Å². The highest BCUT2D eigenvalue weighted by atomic mass is 19.1. The number of hydrogen-bond donors (Lipinski definition) is 1. The van der Waals surface area contributed by atoms with Gasteiger partial charge < -0.3 is 5.73 Å². The lowest BCUT2D eigenvalue weighted by molar-refractivity contribution is 0.391. The highest BCUT2D eigenvalue weighted by Gasteiger charge is 2.47. The van der Waals surface area contributed by atoms with Crippen molar-refractivity contribution in [2.24, 2.45) is 23.5 Å². The summed E-state index contributed by atoms with van der Waals surface area (Å²) in [7, 11) is 0. The third-order valence-corrected chi connectivity index (χ3v) is 4.28. The third kappa shape index (κ3) is 2.34. The van der Waals surface area contributed by atoms with Crippen molar-refractivity contribution in [1.29, 1.82) is 0 Å². The van der Waals surface area contributed by atoms with Crippen LogP contribution in [0.4, 0.5) is 8.78 Å². The second-order valence-corrected chi connectivity index (χ2v) is 5.63. The van der Waals surface area contributed by atoms with Crippen LogP contribution in [0.15, 0.2) is 18.2 Å². The molecule has 2 saturated carbocycles. The fourth-order valence-corrected chi connectivity index (χ4v) is 3.28. The van der Waals surface area contributed by atoms with E-state index in [0.717, 1.165) is 17.9 Å². The normalized spacial score (nSPS) is 32.3. The summed E-state index contributed by atoms with van der Waals surface area (Å²) in [5.41, 5.74) is 6.83. The molecular formula is C14H17F2N. The Morgan fingerprint density at radius 1 is 1.06 bits per heavy atom. The fraction of sp³-hybridized carbons (Fsp3) is 0.571. The van der Waals surface area contributed by atoms with Crippen molar-refractivity contribution in [3.8, 4) is 0 Å². The molecule has 1 aromatic carbocycles. The quantitative estimate of drug-likeness (QED) is 0.859. The minimum atomic E-state index is -0.513. The van der Waals surface area contributed by atoms with Crippen molar-refractivity contribution < 1.29 is 8.78 Å². The van der Waals surface area contributed by atoms with Crippen LogP contribution in [-0.2, 0) is 6.42 Å². The topological polar surface area (TPSA) is 26.0 Å². The van der Waals surface area contributed by atoms with E-state index in [0.29, 0.717) is 17.9 Å². The van der Waals surface area contributed by atoms with E-state index in [-0.39, 0.29) is 6.04 Å². The first-order valence-electron chi connectivity index (χ1n) is 6.32. The summed E-state index contributed by atoms with van der Waals surface area (Å²) in [6.45, 7) is 0. The van der Waals surface area contributed by atoms with Crippen LogP contribution in [0.25, 0.3) is 0 Å². The second kappa shape index (κ2) is 4.05. The molecule has 0 aliphatic heterocycles. The number of hydrogen-bond acceptors (Lipinski definition) is 1. The van der Waals surface area contributed by atoms with Gasteiger partial charge in [-0.2, -0.15) is 0 Å². The van der Waals surface area contributed by atoms with Gasteiger partial charge in [0.25, 0.3) is 0 Å². The molecule has 0 radical (unpaired) electrons. The van der Waals surface area contributed by atoms with Gasteiger partial charge in [0, 0.05) is 12.1 Å². The maximum atomic E-state index is 13.0. The molecule has 2 aliphatic carbocycles. The minimum Gasteiger partial charge on any atom is -0.327 e. The summed E-state index contributed by atoms with van der Waals surface area (Å²) < 4.78 is 26.1. The van der Waals surface area contributed by atoms with Gasteiger partial charge in [0.2, 0.25) is 0 Å². The summed E-state index contributed by atoms with van der Waals surface area (Å²) in [6.07, 6.45) is 4.38. The Kier molecular flexibility index (Phi) is 2.66. The van der Waals surface area contributed by atoms with E-state index < -0.39 is 11.6 Å². The van der Waals surface area contributed by atoms with Gasteiger partial charge in [-0.15, -0.1) is 0 Å². The van der Waals surface area contributed by atoms with Gasteiger partial charge in [-0.3, -0.25) is 0 Å². The zero-order valence-corrected chi connectivity index (χ0v) is 9.70. The van der Waals surface area contributed by atoms with Crippen LogP contribution in [0.2, 0.25) is 0 Å². The van der Waals surface area contributed by atoms with E-state index >= 15 is 0 Å². The lowest BCUT2D eigenvalue weighted by Gasteiger charge is -2.20. The van der Waals surface area contributed by atoms with Crippen molar-refractivity contribution in [2.45, 2.75) is 31.7 Å². The van der Waals surface area contributed by atoms with Crippen molar-refractivity contribution in [1.82, 2.24) is 0 Å². The van der Waals surface area contributed by atoms with E-state index in [1.54, 1.807) is 0 Å². The van der Waals surface area contributed by atoms with E-state index in [9.17, 15) is 8.78 Å². The summed E-state index contributed by atoms with van der Waals surface area (Å²) in [5.74, 6) is 1.32. The van der Waals surface area contributed by atoms with Gasteiger partial charge in [0.15, 0.2) is 0 Å². The van der Waals surface area contributed by atoms with Gasteiger partial charge >= 0.3 is 0 Å². The predicted molar refractivity (Wildman–Crippen MR) is 62.4 cm³/mol. The smallest absolute Gasteiger partial charge is 0.126 e. The van der Waals surface area contributed by atoms with Gasteiger partial charge in [-0.1, -0.05) is 0 Å². The molecule has 2 N–H and O–H groups in total. The van der Waals surface area contributed by atoms with Crippen LogP contribution in [0.1, 0.15) is 24.8 Å². The molecule has 0 saturated heterocycles. The molecule has 3 unspecified atom stereocenters. The van der Waals surface area contributed by atoms with Crippen molar-refractivity contribution in [3.05, 3.63) is 35.4 Å². The van der Waals surface area contributed by atoms with Crippen LogP contribution in [0, 0.1) is 29.4 Å². The molecule has 2 fully saturated rings. The summed E-state index contributed by atoms with van der Waals surface area (Å²) >= 11 is 0. The third-order valence-electron chi connectivity index (χ3n) is 4.28. The summed E-state index contributed by atoms with van der Waals surface area (Å²) in [4.78, 5) is 0. The zero-order chi connectivity index (χ0) is 12.0. The molecular weight excluding hydrogens is 220 g/mol. The molecule has 0 amide bonds. The predicted octanol–water partition coefficient (Wildman–Crippen LogP) is 2.88. The van der Waals surface area contributed by atoms with Crippen molar-refractivity contribution in [3.63, 3.8) is 0 Å². The molecule has 3 rings (SSSR count). The lowest BCUT2D eigenvalue weighted by Crippen LogP contribution is -2.31. The highest BCUT2D eigenvalue weighted by molar-refractivity contribution is 5.19. The van der Waals surface area contributed by atoms with Crippen molar-refractivity contribution >= 4 is 0 Å². The monoisotopic (exact) mass is 237 g/mol. The number of fused-ring (bicyclic) bond motifs is 1. The fourth-order valence-electron chi connectivity index (χ4n) is 3.28. The van der Waals surface area contributed by atoms with Crippen LogP contribution in [0.5, 0.6) is 0 Å². The first-order chi connectivity index (χ1) is 8.11. The van der Waals surface area contributed by atoms with Crippen LogP contribution < -0.4 is 5.73 Å². The lowest BCUT2D eigenvalue weighted by atomic mass is 9.90. The van der Waals surface area contributed by atoms with Gasteiger partial charge in [0.1, 0.15) is 11.6 Å². The molecule has 92 valence electrons. The average molecular weight is 237 g/mol. The van der Waals surface area contributed by atoms with Gasteiger partial charge in [-0.25, -0.2) is 8.78 Å². The maximum absolute atomic E-state index is 13.0. The van der Waals surface area contributed by atoms with Crippen LogP contribution >= 0.6 is 0 Å². The molecule has 3 heteroatoms. The molecule has 1 aromatic rings. The largest absolute Gasteiger partial charge is 0.327 e. The molecule has 17 heavy (non-hydrogen) atoms. The Bertz CT molecular complexity index is 402. The molecule has 0 spiro atoms. The SMILES string of the molecule is NC(Cc1cc(F)cc(F)c1)C1CC2CC2C1. The maximum Gasteiger partial charge on any atom is 0.126 e. The highest BCUT2D eigenvalue weighted by Crippen LogP contribution is 2.55. The Morgan fingerprint density at radius 2 is 1.65 bits per heavy atom. The van der Waals surface area contributed by atoms with Crippen LogP contribution in [-0.4, -0.2) is 6.04 Å². The number of halogens is 2. The Hall–Kier alpha value is -0.960. The first-order valence-corrected chi connectivity index (χ1v) is 6.32.